The summed E-state index contributed by atoms with van der Waals surface area (Å²) in [5, 5.41) is 4.74. The predicted octanol–water partition coefficient (Wildman–Crippen LogP) is 2.16. The smallest absolute Gasteiger partial charge is 0.272 e. The Labute approximate surface area is 156 Å². The van der Waals surface area contributed by atoms with Gasteiger partial charge in [0.2, 0.25) is 0 Å². The van der Waals surface area contributed by atoms with Gasteiger partial charge in [-0.2, -0.15) is 4.31 Å². The van der Waals surface area contributed by atoms with Crippen molar-refractivity contribution in [3.05, 3.63) is 52.9 Å². The van der Waals surface area contributed by atoms with Crippen LogP contribution >= 0.6 is 11.3 Å². The Kier molecular flexibility index (Phi) is 4.21. The number of hydrogen-bond acceptors (Lipinski definition) is 5. The summed E-state index contributed by atoms with van der Waals surface area (Å²) in [5.74, 6) is -0.191. The Balaban J connectivity index is 1.54. The van der Waals surface area contributed by atoms with E-state index in [9.17, 15) is 13.2 Å². The number of rotatable bonds is 3. The number of carbonyl (C=O) groups is 1. The lowest BCUT2D eigenvalue weighted by atomic mass is 10.00. The molecule has 26 heavy (non-hydrogen) atoms. The first-order valence-corrected chi connectivity index (χ1v) is 10.7. The van der Waals surface area contributed by atoms with Gasteiger partial charge in [0.15, 0.2) is 0 Å². The number of aryl methyl sites for hydroxylation is 1. The Morgan fingerprint density at radius 2 is 1.85 bits per heavy atom. The minimum Gasteiger partial charge on any atom is -0.326 e. The maximum Gasteiger partial charge on any atom is 0.272 e. The van der Waals surface area contributed by atoms with Gasteiger partial charge in [-0.1, -0.05) is 35.9 Å². The molecular formula is C18H19N3O3S2. The van der Waals surface area contributed by atoms with Gasteiger partial charge in [0.1, 0.15) is 15.6 Å². The third kappa shape index (κ3) is 2.98. The molecule has 1 N–H and O–H groups in total. The molecule has 0 radical (unpaired) electrons. The van der Waals surface area contributed by atoms with Crippen molar-refractivity contribution in [1.29, 1.82) is 0 Å². The van der Waals surface area contributed by atoms with Crippen molar-refractivity contribution in [3.63, 3.8) is 0 Å². The number of thiophene rings is 1. The van der Waals surface area contributed by atoms with Crippen molar-refractivity contribution in [3.8, 4) is 0 Å². The number of hydrogen-bond donors (Lipinski definition) is 1. The van der Waals surface area contributed by atoms with Gasteiger partial charge in [0.05, 0.1) is 0 Å². The van der Waals surface area contributed by atoms with Crippen LogP contribution in [0.1, 0.15) is 24.0 Å². The van der Waals surface area contributed by atoms with Crippen molar-refractivity contribution in [2.45, 2.75) is 29.6 Å². The summed E-state index contributed by atoms with van der Waals surface area (Å²) in [6, 6.07) is 11.0. The van der Waals surface area contributed by atoms with Crippen LogP contribution in [0.3, 0.4) is 0 Å². The van der Waals surface area contributed by atoms with Gasteiger partial charge in [-0.3, -0.25) is 9.79 Å². The fourth-order valence-corrected chi connectivity index (χ4v) is 5.93. The summed E-state index contributed by atoms with van der Waals surface area (Å²) >= 11 is 1.22. The molecule has 1 fully saturated rings. The summed E-state index contributed by atoms with van der Waals surface area (Å²) in [5.41, 5.74) is 1.64. The number of piperidine rings is 1. The first-order chi connectivity index (χ1) is 12.4. The molecule has 2 aromatic rings. The molecule has 8 heteroatoms. The van der Waals surface area contributed by atoms with Crippen molar-refractivity contribution in [1.82, 2.24) is 9.62 Å². The van der Waals surface area contributed by atoms with Crippen molar-refractivity contribution in [2.24, 2.45) is 4.99 Å². The molecule has 2 aliphatic heterocycles. The lowest BCUT2D eigenvalue weighted by Crippen LogP contribution is -2.52. The Morgan fingerprint density at radius 1 is 1.15 bits per heavy atom. The van der Waals surface area contributed by atoms with E-state index in [2.05, 4.69) is 10.3 Å². The van der Waals surface area contributed by atoms with Gasteiger partial charge in [-0.15, -0.1) is 11.3 Å². The third-order valence-electron chi connectivity index (χ3n) is 4.85. The molecule has 1 amide bonds. The normalized spacial score (nSPS) is 20.2. The monoisotopic (exact) mass is 389 g/mol. The van der Waals surface area contributed by atoms with Crippen molar-refractivity contribution >= 4 is 33.0 Å². The minimum atomic E-state index is -3.46. The molecule has 136 valence electrons. The number of carbonyl (C=O) groups excluding carboxylic acids is 1. The van der Waals surface area contributed by atoms with E-state index in [-0.39, 0.29) is 5.91 Å². The summed E-state index contributed by atoms with van der Waals surface area (Å²) in [7, 11) is -3.46. The average molecular weight is 390 g/mol. The fourth-order valence-electron chi connectivity index (χ4n) is 3.34. The second-order valence-electron chi connectivity index (χ2n) is 6.65. The molecule has 0 saturated carbocycles. The van der Waals surface area contributed by atoms with E-state index < -0.39 is 15.7 Å². The van der Waals surface area contributed by atoms with E-state index >= 15 is 0 Å². The molecule has 1 aromatic carbocycles. The number of aliphatic imine (C=N–C) groups is 1. The Bertz CT molecular complexity index is 956. The second kappa shape index (κ2) is 6.29. The van der Waals surface area contributed by atoms with Crippen LogP contribution in [0.15, 0.2) is 51.0 Å². The van der Waals surface area contributed by atoms with E-state index in [1.165, 1.54) is 15.6 Å². The van der Waals surface area contributed by atoms with Crippen molar-refractivity contribution in [2.75, 3.05) is 13.1 Å². The zero-order chi connectivity index (χ0) is 18.4. The minimum absolute atomic E-state index is 0.191. The molecule has 0 aliphatic carbocycles. The van der Waals surface area contributed by atoms with Gasteiger partial charge in [0, 0.05) is 31.5 Å². The third-order valence-corrected chi connectivity index (χ3v) is 8.12. The molecule has 1 aromatic heterocycles. The van der Waals surface area contributed by atoms with Crippen LogP contribution in [-0.4, -0.2) is 43.1 Å². The van der Waals surface area contributed by atoms with Crippen LogP contribution in [0, 0.1) is 6.92 Å². The summed E-state index contributed by atoms with van der Waals surface area (Å²) < 4.78 is 27.1. The standard InChI is InChI=1S/C18H19N3O3S2/c1-13-4-6-14(7-5-13)16-17(22)20-18(19-16)8-10-21(11-9-18)26(23,24)15-3-2-12-25-15/h2-7,12H,8-11H2,1H3,(H,20,22). The summed E-state index contributed by atoms with van der Waals surface area (Å²) in [6.07, 6.45) is 0.942. The van der Waals surface area contributed by atoms with Crippen LogP contribution in [-0.2, 0) is 14.8 Å². The van der Waals surface area contributed by atoms with Gasteiger partial charge in [-0.25, -0.2) is 8.42 Å². The maximum absolute atomic E-state index is 12.6. The SMILES string of the molecule is Cc1ccc(C2=NC3(CCN(S(=O)(=O)c4cccs4)CC3)NC2=O)cc1. The van der Waals surface area contributed by atoms with Crippen LogP contribution < -0.4 is 5.32 Å². The fraction of sp³-hybridized carbons (Fsp3) is 0.333. The number of benzene rings is 1. The van der Waals surface area contributed by atoms with Crippen LogP contribution in [0.2, 0.25) is 0 Å². The quantitative estimate of drug-likeness (QED) is 0.874. The molecule has 6 nitrogen and oxygen atoms in total. The highest BCUT2D eigenvalue weighted by atomic mass is 32.2. The Hall–Kier alpha value is -2.03. The number of nitrogens with one attached hydrogen (secondary N) is 1. The Morgan fingerprint density at radius 3 is 2.46 bits per heavy atom. The molecule has 2 aliphatic rings. The van der Waals surface area contributed by atoms with E-state index in [4.69, 9.17) is 0 Å². The van der Waals surface area contributed by atoms with E-state index in [1.54, 1.807) is 17.5 Å². The molecular weight excluding hydrogens is 370 g/mol. The molecule has 0 unspecified atom stereocenters. The first kappa shape index (κ1) is 17.4. The van der Waals surface area contributed by atoms with E-state index in [1.807, 2.05) is 31.2 Å². The molecule has 1 saturated heterocycles. The molecule has 0 atom stereocenters. The van der Waals surface area contributed by atoms with Gasteiger partial charge in [0.25, 0.3) is 15.9 Å². The van der Waals surface area contributed by atoms with Crippen LogP contribution in [0.4, 0.5) is 0 Å². The van der Waals surface area contributed by atoms with Crippen molar-refractivity contribution < 1.29 is 13.2 Å². The largest absolute Gasteiger partial charge is 0.326 e. The van der Waals surface area contributed by atoms with Gasteiger partial charge in [-0.05, 0) is 18.4 Å². The highest BCUT2D eigenvalue weighted by Gasteiger charge is 2.44. The van der Waals surface area contributed by atoms with Gasteiger partial charge < -0.3 is 5.32 Å². The summed E-state index contributed by atoms with van der Waals surface area (Å²) in [6.45, 7) is 2.67. The lowest BCUT2D eigenvalue weighted by molar-refractivity contribution is -0.115. The number of nitrogens with zero attached hydrogens (tertiary/aromatic N) is 2. The molecule has 0 bridgehead atoms. The zero-order valence-electron chi connectivity index (χ0n) is 14.3. The number of amides is 1. The highest BCUT2D eigenvalue weighted by Crippen LogP contribution is 2.32. The summed E-state index contributed by atoms with van der Waals surface area (Å²) in [4.78, 5) is 17.1. The molecule has 3 heterocycles. The predicted molar refractivity (Wildman–Crippen MR) is 101 cm³/mol. The van der Waals surface area contributed by atoms with Crippen LogP contribution in [0.5, 0.6) is 0 Å². The van der Waals surface area contributed by atoms with E-state index in [0.29, 0.717) is 35.9 Å². The average Bonchev–Trinajstić information content (AvgIpc) is 3.25. The maximum atomic E-state index is 12.6. The second-order valence-corrected chi connectivity index (χ2v) is 9.76. The van der Waals surface area contributed by atoms with Crippen LogP contribution in [0.25, 0.3) is 0 Å². The zero-order valence-corrected chi connectivity index (χ0v) is 15.9. The highest BCUT2D eigenvalue weighted by molar-refractivity contribution is 7.91. The molecule has 1 spiro atoms. The van der Waals surface area contributed by atoms with E-state index in [0.717, 1.165) is 11.1 Å². The first-order valence-electron chi connectivity index (χ1n) is 8.43. The lowest BCUT2D eigenvalue weighted by Gasteiger charge is -2.36. The topological polar surface area (TPSA) is 78.8 Å². The molecule has 4 rings (SSSR count). The van der Waals surface area contributed by atoms with Gasteiger partial charge >= 0.3 is 0 Å². The number of sulfonamides is 1.